The van der Waals surface area contributed by atoms with Gasteiger partial charge in [0.05, 0.1) is 30.7 Å². The molecule has 2 atom stereocenters. The van der Waals surface area contributed by atoms with Crippen LogP contribution in [-0.2, 0) is 9.59 Å². The number of carbonyl (C=O) groups excluding carboxylic acids is 3. The summed E-state index contributed by atoms with van der Waals surface area (Å²) in [7, 11) is 1.59. The zero-order valence-electron chi connectivity index (χ0n) is 16.6. The van der Waals surface area contributed by atoms with Crippen molar-refractivity contribution in [2.45, 2.75) is 18.9 Å². The highest BCUT2D eigenvalue weighted by Gasteiger charge is 2.52. The molecule has 1 aromatic heterocycles. The van der Waals surface area contributed by atoms with Crippen molar-refractivity contribution in [2.75, 3.05) is 20.2 Å². The lowest BCUT2D eigenvalue weighted by Gasteiger charge is -2.42. The van der Waals surface area contributed by atoms with Crippen LogP contribution in [0.5, 0.6) is 5.75 Å². The summed E-state index contributed by atoms with van der Waals surface area (Å²) in [5.41, 5.74) is 1.78. The second-order valence-electron chi connectivity index (χ2n) is 7.93. The zero-order valence-corrected chi connectivity index (χ0v) is 16.6. The van der Waals surface area contributed by atoms with Crippen molar-refractivity contribution >= 4 is 17.7 Å². The fraction of sp³-hybridized carbons (Fsp3) is 0.364. The van der Waals surface area contributed by atoms with Gasteiger partial charge in [0, 0.05) is 18.7 Å². The highest BCUT2D eigenvalue weighted by molar-refractivity contribution is 6.06. The Labute approximate surface area is 173 Å². The van der Waals surface area contributed by atoms with Gasteiger partial charge in [-0.05, 0) is 31.0 Å². The number of carbonyl (C=O) groups is 3. The van der Waals surface area contributed by atoms with Gasteiger partial charge in [0.25, 0.3) is 5.91 Å². The minimum absolute atomic E-state index is 0.0913. The first-order valence-corrected chi connectivity index (χ1v) is 10.1. The average Bonchev–Trinajstić information content (AvgIpc) is 3.33. The number of fused-ring (bicyclic) bond motifs is 1. The number of hydrogen-bond acceptors (Lipinski definition) is 5. The Bertz CT molecular complexity index is 1030. The number of ether oxygens (including phenoxy) is 1. The summed E-state index contributed by atoms with van der Waals surface area (Å²) >= 11 is 0. The predicted molar refractivity (Wildman–Crippen MR) is 107 cm³/mol. The van der Waals surface area contributed by atoms with Gasteiger partial charge in [-0.2, -0.15) is 5.10 Å². The number of hydrogen-bond donors (Lipinski definition) is 1. The lowest BCUT2D eigenvalue weighted by molar-refractivity contribution is -0.145. The molecular formula is C22H22N4O4. The molecule has 2 aromatic rings. The van der Waals surface area contributed by atoms with Gasteiger partial charge in [0.15, 0.2) is 0 Å². The van der Waals surface area contributed by atoms with Crippen molar-refractivity contribution in [2.24, 2.45) is 11.8 Å². The minimum atomic E-state index is -0.240. The maximum absolute atomic E-state index is 12.8. The molecule has 8 heteroatoms. The number of amides is 3. The normalized spacial score (nSPS) is 23.5. The van der Waals surface area contributed by atoms with E-state index in [1.807, 2.05) is 36.4 Å². The van der Waals surface area contributed by atoms with Gasteiger partial charge in [0.2, 0.25) is 11.8 Å². The number of imide groups is 1. The largest absolute Gasteiger partial charge is 0.496 e. The van der Waals surface area contributed by atoms with Crippen molar-refractivity contribution < 1.29 is 19.1 Å². The lowest BCUT2D eigenvalue weighted by Crippen LogP contribution is -2.62. The van der Waals surface area contributed by atoms with Gasteiger partial charge in [0.1, 0.15) is 11.4 Å². The van der Waals surface area contributed by atoms with E-state index in [0.717, 1.165) is 5.56 Å². The van der Waals surface area contributed by atoms with Crippen LogP contribution in [0.2, 0.25) is 0 Å². The second-order valence-corrected chi connectivity index (χ2v) is 7.93. The van der Waals surface area contributed by atoms with Crippen LogP contribution in [0.15, 0.2) is 42.5 Å². The van der Waals surface area contributed by atoms with E-state index in [-0.39, 0.29) is 35.6 Å². The fourth-order valence-corrected chi connectivity index (χ4v) is 4.57. The standard InChI is InChI=1S/C22H22N4O4/c1-30-19-9-5-4-8-16(19)17-10-18(24-23-17)22(29)25-11-13(12-25)26-20(27)14-6-2-3-7-15(14)21(26)28/h2-5,8-10,13-15H,6-7,11-12H2,1H3,(H,23,24)/t14-,15-/m0/s1. The van der Waals surface area contributed by atoms with Crippen LogP contribution in [0.3, 0.4) is 0 Å². The first-order chi connectivity index (χ1) is 14.6. The molecule has 1 aliphatic carbocycles. The van der Waals surface area contributed by atoms with Crippen molar-refractivity contribution in [3.8, 4) is 17.0 Å². The Kier molecular flexibility index (Phi) is 4.42. The van der Waals surface area contributed by atoms with E-state index >= 15 is 0 Å². The monoisotopic (exact) mass is 406 g/mol. The molecule has 1 aromatic carbocycles. The molecule has 2 fully saturated rings. The summed E-state index contributed by atoms with van der Waals surface area (Å²) in [5, 5.41) is 7.04. The topological polar surface area (TPSA) is 95.6 Å². The van der Waals surface area contributed by atoms with Crippen molar-refractivity contribution in [1.29, 1.82) is 0 Å². The van der Waals surface area contributed by atoms with Gasteiger partial charge in [-0.25, -0.2) is 0 Å². The van der Waals surface area contributed by atoms with E-state index in [1.165, 1.54) is 4.90 Å². The highest BCUT2D eigenvalue weighted by atomic mass is 16.5. The molecule has 154 valence electrons. The number of nitrogens with zero attached hydrogens (tertiary/aromatic N) is 3. The Morgan fingerprint density at radius 2 is 1.77 bits per heavy atom. The Morgan fingerprint density at radius 3 is 2.43 bits per heavy atom. The van der Waals surface area contributed by atoms with E-state index < -0.39 is 0 Å². The number of aromatic nitrogens is 2. The van der Waals surface area contributed by atoms with E-state index in [9.17, 15) is 14.4 Å². The molecular weight excluding hydrogens is 384 g/mol. The van der Waals surface area contributed by atoms with Crippen molar-refractivity contribution in [3.05, 3.63) is 48.2 Å². The van der Waals surface area contributed by atoms with Gasteiger partial charge in [-0.3, -0.25) is 24.4 Å². The van der Waals surface area contributed by atoms with Gasteiger partial charge >= 0.3 is 0 Å². The molecule has 0 spiro atoms. The second kappa shape index (κ2) is 7.12. The third kappa shape index (κ3) is 2.82. The van der Waals surface area contributed by atoms with Crippen LogP contribution in [0.4, 0.5) is 0 Å². The van der Waals surface area contributed by atoms with Crippen LogP contribution in [0, 0.1) is 11.8 Å². The average molecular weight is 406 g/mol. The van der Waals surface area contributed by atoms with Gasteiger partial charge in [-0.1, -0.05) is 24.3 Å². The molecule has 30 heavy (non-hydrogen) atoms. The Hall–Kier alpha value is -3.42. The Balaban J connectivity index is 1.26. The minimum Gasteiger partial charge on any atom is -0.496 e. The third-order valence-electron chi connectivity index (χ3n) is 6.25. The molecule has 8 nitrogen and oxygen atoms in total. The highest BCUT2D eigenvalue weighted by Crippen LogP contribution is 2.37. The number of benzene rings is 1. The number of H-pyrrole nitrogens is 1. The number of rotatable bonds is 4. The maximum Gasteiger partial charge on any atom is 0.272 e. The summed E-state index contributed by atoms with van der Waals surface area (Å²) in [6.07, 6.45) is 5.20. The summed E-state index contributed by atoms with van der Waals surface area (Å²) < 4.78 is 5.36. The maximum atomic E-state index is 12.8. The van der Waals surface area contributed by atoms with Crippen molar-refractivity contribution in [3.63, 3.8) is 0 Å². The molecule has 2 aliphatic heterocycles. The van der Waals surface area contributed by atoms with E-state index in [4.69, 9.17) is 4.74 Å². The quantitative estimate of drug-likeness (QED) is 0.618. The molecule has 3 aliphatic rings. The van der Waals surface area contributed by atoms with Crippen LogP contribution in [0.1, 0.15) is 23.3 Å². The van der Waals surface area contributed by atoms with E-state index in [2.05, 4.69) is 10.2 Å². The molecule has 5 rings (SSSR count). The lowest BCUT2D eigenvalue weighted by atomic mass is 9.85. The van der Waals surface area contributed by atoms with Gasteiger partial charge in [-0.15, -0.1) is 0 Å². The summed E-state index contributed by atoms with van der Waals surface area (Å²) in [5.74, 6) is -0.170. The number of para-hydroxylation sites is 1. The smallest absolute Gasteiger partial charge is 0.272 e. The molecule has 3 heterocycles. The number of nitrogens with one attached hydrogen (secondary N) is 1. The van der Waals surface area contributed by atoms with Crippen LogP contribution < -0.4 is 4.74 Å². The predicted octanol–water partition coefficient (Wildman–Crippen LogP) is 1.86. The molecule has 1 N–H and O–H groups in total. The number of methoxy groups -OCH3 is 1. The number of aromatic amines is 1. The SMILES string of the molecule is COc1ccccc1-c1cc(C(=O)N2CC(N3C(=O)[C@H]4CC=CC[C@@H]4C3=O)C2)[nH]n1. The first-order valence-electron chi connectivity index (χ1n) is 10.1. The molecule has 0 bridgehead atoms. The van der Waals surface area contributed by atoms with Gasteiger partial charge < -0.3 is 9.64 Å². The van der Waals surface area contributed by atoms with Crippen LogP contribution in [-0.4, -0.2) is 64.0 Å². The molecule has 2 saturated heterocycles. The first kappa shape index (κ1) is 18.6. The summed E-state index contributed by atoms with van der Waals surface area (Å²) in [4.78, 5) is 41.2. The summed E-state index contributed by atoms with van der Waals surface area (Å²) in [6, 6.07) is 8.92. The number of allylic oxidation sites excluding steroid dienone is 2. The number of likely N-dealkylation sites (tertiary alicyclic amines) is 2. The zero-order chi connectivity index (χ0) is 20.8. The molecule has 0 saturated carbocycles. The summed E-state index contributed by atoms with van der Waals surface area (Å²) in [6.45, 7) is 0.707. The Morgan fingerprint density at radius 1 is 1.10 bits per heavy atom. The molecule has 0 unspecified atom stereocenters. The van der Waals surface area contributed by atoms with Crippen molar-refractivity contribution in [1.82, 2.24) is 20.0 Å². The van der Waals surface area contributed by atoms with Crippen LogP contribution in [0.25, 0.3) is 11.3 Å². The molecule has 0 radical (unpaired) electrons. The fourth-order valence-electron chi connectivity index (χ4n) is 4.57. The van der Waals surface area contributed by atoms with Crippen LogP contribution >= 0.6 is 0 Å². The molecule has 3 amide bonds. The van der Waals surface area contributed by atoms with E-state index in [0.29, 0.717) is 43.1 Å². The third-order valence-corrected chi connectivity index (χ3v) is 6.25. The van der Waals surface area contributed by atoms with E-state index in [1.54, 1.807) is 18.1 Å².